The van der Waals surface area contributed by atoms with Gasteiger partial charge in [-0.25, -0.2) is 0 Å². The van der Waals surface area contributed by atoms with E-state index in [1.807, 2.05) is 0 Å². The minimum absolute atomic E-state index is 0.495. The summed E-state index contributed by atoms with van der Waals surface area (Å²) in [5, 5.41) is 3.45. The molecular formula is C16H33NO. The fourth-order valence-electron chi connectivity index (χ4n) is 2.98. The number of nitrogens with one attached hydrogen (secondary N) is 1. The molecule has 2 nitrogen and oxygen atoms in total. The molecule has 0 aliphatic heterocycles. The first-order valence-corrected chi connectivity index (χ1v) is 7.83. The molecule has 1 fully saturated rings. The Bertz CT molecular complexity index is 215. The normalized spacial score (nSPS) is 29.2. The first-order chi connectivity index (χ1) is 8.50. The van der Waals surface area contributed by atoms with Crippen molar-refractivity contribution in [3.8, 4) is 0 Å². The van der Waals surface area contributed by atoms with Gasteiger partial charge in [-0.15, -0.1) is 0 Å². The van der Waals surface area contributed by atoms with E-state index in [0.29, 0.717) is 6.10 Å². The summed E-state index contributed by atoms with van der Waals surface area (Å²) < 4.78 is 6.15. The highest BCUT2D eigenvalue weighted by Gasteiger charge is 2.31. The Morgan fingerprint density at radius 2 is 1.89 bits per heavy atom. The van der Waals surface area contributed by atoms with E-state index in [0.717, 1.165) is 43.4 Å². The smallest absolute Gasteiger partial charge is 0.0608 e. The van der Waals surface area contributed by atoms with Crippen LogP contribution in [0.4, 0.5) is 0 Å². The van der Waals surface area contributed by atoms with Gasteiger partial charge in [0.05, 0.1) is 12.7 Å². The molecule has 0 saturated heterocycles. The van der Waals surface area contributed by atoms with Gasteiger partial charge in [0, 0.05) is 6.54 Å². The molecule has 0 radical (unpaired) electrons. The third kappa shape index (κ3) is 5.71. The van der Waals surface area contributed by atoms with Crippen LogP contribution in [0, 0.1) is 23.7 Å². The second-order valence-electron chi connectivity index (χ2n) is 6.83. The van der Waals surface area contributed by atoms with Crippen molar-refractivity contribution < 1.29 is 4.74 Å². The lowest BCUT2D eigenvalue weighted by atomic mass is 9.75. The van der Waals surface area contributed by atoms with Crippen LogP contribution < -0.4 is 5.32 Å². The highest BCUT2D eigenvalue weighted by molar-refractivity contribution is 4.81. The third-order valence-corrected chi connectivity index (χ3v) is 4.12. The van der Waals surface area contributed by atoms with Crippen molar-refractivity contribution in [2.75, 3.05) is 19.7 Å². The molecule has 0 aromatic carbocycles. The zero-order chi connectivity index (χ0) is 13.5. The van der Waals surface area contributed by atoms with Crippen LogP contribution in [-0.2, 0) is 4.74 Å². The van der Waals surface area contributed by atoms with E-state index < -0.39 is 0 Å². The van der Waals surface area contributed by atoms with Crippen LogP contribution in [-0.4, -0.2) is 25.8 Å². The minimum Gasteiger partial charge on any atom is -0.377 e. The third-order valence-electron chi connectivity index (χ3n) is 4.12. The fourth-order valence-corrected chi connectivity index (χ4v) is 2.98. The summed E-state index contributed by atoms with van der Waals surface area (Å²) in [5.74, 6) is 3.09. The maximum Gasteiger partial charge on any atom is 0.0608 e. The summed E-state index contributed by atoms with van der Waals surface area (Å²) in [6.07, 6.45) is 4.49. The molecule has 3 unspecified atom stereocenters. The van der Waals surface area contributed by atoms with Crippen LogP contribution in [0.25, 0.3) is 0 Å². The molecule has 0 amide bonds. The zero-order valence-corrected chi connectivity index (χ0v) is 13.0. The lowest BCUT2D eigenvalue weighted by Gasteiger charge is -2.37. The molecule has 0 heterocycles. The van der Waals surface area contributed by atoms with E-state index in [1.165, 1.54) is 19.3 Å². The van der Waals surface area contributed by atoms with E-state index in [4.69, 9.17) is 4.74 Å². The van der Waals surface area contributed by atoms with Gasteiger partial charge in [0.15, 0.2) is 0 Å². The average Bonchev–Trinajstić information content (AvgIpc) is 2.27. The Hall–Kier alpha value is -0.0800. The summed E-state index contributed by atoms with van der Waals surface area (Å²) in [6, 6.07) is 0. The summed E-state index contributed by atoms with van der Waals surface area (Å²) in [5.41, 5.74) is 0. The van der Waals surface area contributed by atoms with Gasteiger partial charge in [-0.1, -0.05) is 41.0 Å². The zero-order valence-electron chi connectivity index (χ0n) is 13.0. The van der Waals surface area contributed by atoms with E-state index in [9.17, 15) is 0 Å². The summed E-state index contributed by atoms with van der Waals surface area (Å²) in [4.78, 5) is 0. The first-order valence-electron chi connectivity index (χ1n) is 7.83. The van der Waals surface area contributed by atoms with Crippen molar-refractivity contribution in [2.45, 2.75) is 60.0 Å². The quantitative estimate of drug-likeness (QED) is 0.700. The van der Waals surface area contributed by atoms with E-state index in [-0.39, 0.29) is 0 Å². The molecule has 1 N–H and O–H groups in total. The number of rotatable bonds is 7. The summed E-state index contributed by atoms with van der Waals surface area (Å²) in [6.45, 7) is 14.5. The molecule has 0 aromatic heterocycles. The Morgan fingerprint density at radius 3 is 2.50 bits per heavy atom. The van der Waals surface area contributed by atoms with Crippen LogP contribution in [0.15, 0.2) is 0 Å². The van der Waals surface area contributed by atoms with Gasteiger partial charge in [0.2, 0.25) is 0 Å². The largest absolute Gasteiger partial charge is 0.377 e. The number of hydrogen-bond acceptors (Lipinski definition) is 2. The van der Waals surface area contributed by atoms with Crippen molar-refractivity contribution in [3.63, 3.8) is 0 Å². The second kappa shape index (κ2) is 8.16. The Morgan fingerprint density at radius 1 is 1.17 bits per heavy atom. The molecule has 18 heavy (non-hydrogen) atoms. The molecule has 108 valence electrons. The monoisotopic (exact) mass is 255 g/mol. The van der Waals surface area contributed by atoms with Crippen molar-refractivity contribution in [3.05, 3.63) is 0 Å². The van der Waals surface area contributed by atoms with Gasteiger partial charge in [-0.3, -0.25) is 0 Å². The highest BCUT2D eigenvalue weighted by Crippen LogP contribution is 2.35. The molecule has 0 spiro atoms. The molecule has 1 saturated carbocycles. The average molecular weight is 255 g/mol. The molecule has 0 bridgehead atoms. The number of hydrogen-bond donors (Lipinski definition) is 1. The van der Waals surface area contributed by atoms with Crippen molar-refractivity contribution in [1.29, 1.82) is 0 Å². The first kappa shape index (κ1) is 16.0. The second-order valence-corrected chi connectivity index (χ2v) is 6.83. The van der Waals surface area contributed by atoms with Gasteiger partial charge in [0.1, 0.15) is 0 Å². The standard InChI is InChI=1S/C16H33NO/c1-12(2)11-17-8-9-18-16-10-14(5)6-7-15(16)13(3)4/h12-17H,6-11H2,1-5H3. The van der Waals surface area contributed by atoms with Gasteiger partial charge in [-0.05, 0) is 43.1 Å². The molecule has 2 heteroatoms. The predicted octanol–water partition coefficient (Wildman–Crippen LogP) is 3.71. The highest BCUT2D eigenvalue weighted by atomic mass is 16.5. The molecule has 1 rings (SSSR count). The molecular weight excluding hydrogens is 222 g/mol. The van der Waals surface area contributed by atoms with E-state index in [2.05, 4.69) is 39.9 Å². The van der Waals surface area contributed by atoms with E-state index in [1.54, 1.807) is 0 Å². The maximum absolute atomic E-state index is 6.15. The van der Waals surface area contributed by atoms with Crippen LogP contribution in [0.1, 0.15) is 53.9 Å². The van der Waals surface area contributed by atoms with Crippen LogP contribution in [0.2, 0.25) is 0 Å². The Kier molecular flexibility index (Phi) is 7.25. The number of ether oxygens (including phenoxy) is 1. The molecule has 3 atom stereocenters. The fraction of sp³-hybridized carbons (Fsp3) is 1.00. The van der Waals surface area contributed by atoms with Gasteiger partial charge in [0.25, 0.3) is 0 Å². The lowest BCUT2D eigenvalue weighted by Crippen LogP contribution is -2.36. The van der Waals surface area contributed by atoms with Crippen LogP contribution in [0.5, 0.6) is 0 Å². The van der Waals surface area contributed by atoms with Crippen LogP contribution >= 0.6 is 0 Å². The SMILES string of the molecule is CC(C)CNCCOC1CC(C)CCC1C(C)C. The van der Waals surface area contributed by atoms with Crippen molar-refractivity contribution in [1.82, 2.24) is 5.32 Å². The summed E-state index contributed by atoms with van der Waals surface area (Å²) in [7, 11) is 0. The maximum atomic E-state index is 6.15. The van der Waals surface area contributed by atoms with Crippen molar-refractivity contribution in [2.24, 2.45) is 23.7 Å². The van der Waals surface area contributed by atoms with Crippen molar-refractivity contribution >= 4 is 0 Å². The molecule has 1 aliphatic rings. The van der Waals surface area contributed by atoms with Gasteiger partial charge in [-0.2, -0.15) is 0 Å². The lowest BCUT2D eigenvalue weighted by molar-refractivity contribution is -0.0367. The minimum atomic E-state index is 0.495. The topological polar surface area (TPSA) is 21.3 Å². The summed E-state index contributed by atoms with van der Waals surface area (Å²) >= 11 is 0. The Balaban J connectivity index is 2.24. The van der Waals surface area contributed by atoms with E-state index >= 15 is 0 Å². The van der Waals surface area contributed by atoms with Crippen LogP contribution in [0.3, 0.4) is 0 Å². The van der Waals surface area contributed by atoms with Gasteiger partial charge < -0.3 is 10.1 Å². The Labute approximate surface area is 114 Å². The van der Waals surface area contributed by atoms with Gasteiger partial charge >= 0.3 is 0 Å². The molecule has 0 aromatic rings. The molecule has 1 aliphatic carbocycles. The predicted molar refractivity (Wildman–Crippen MR) is 78.8 cm³/mol.